The van der Waals surface area contributed by atoms with Gasteiger partial charge in [-0.05, 0) is 12.1 Å². The molecule has 0 aliphatic heterocycles. The van der Waals surface area contributed by atoms with E-state index < -0.39 is 0 Å². The van der Waals surface area contributed by atoms with Gasteiger partial charge in [0, 0.05) is 0 Å². The highest BCUT2D eigenvalue weighted by Crippen LogP contribution is 1.92. The van der Waals surface area contributed by atoms with Gasteiger partial charge >= 0.3 is 0 Å². The van der Waals surface area contributed by atoms with Gasteiger partial charge in [0.1, 0.15) is 5.82 Å². The second-order valence-corrected chi connectivity index (χ2v) is 2.05. The summed E-state index contributed by atoms with van der Waals surface area (Å²) in [6.45, 7) is 1.85. The van der Waals surface area contributed by atoms with Gasteiger partial charge in [-0.1, -0.05) is 17.6 Å². The first-order valence-electron chi connectivity index (χ1n) is 2.63. The first-order chi connectivity index (χ1) is 4.33. The van der Waals surface area contributed by atoms with Gasteiger partial charge in [-0.2, -0.15) is 9.12 Å². The molecule has 1 atom stereocenters. The zero-order valence-electron chi connectivity index (χ0n) is 4.84. The molecule has 0 aliphatic carbocycles. The Bertz CT molecular complexity index is 185. The summed E-state index contributed by atoms with van der Waals surface area (Å²) in [5, 5.41) is 0. The normalized spacial score (nSPS) is 9.11. The van der Waals surface area contributed by atoms with E-state index in [9.17, 15) is 4.39 Å². The summed E-state index contributed by atoms with van der Waals surface area (Å²) in [5.41, 5.74) is 1.02. The minimum Gasteiger partial charge on any atom is -0.207 e. The van der Waals surface area contributed by atoms with Crippen LogP contribution in [0.1, 0.15) is 0 Å². The van der Waals surface area contributed by atoms with Gasteiger partial charge < -0.3 is 0 Å². The van der Waals surface area contributed by atoms with E-state index in [1.807, 2.05) is 7.00 Å². The lowest BCUT2D eigenvalue weighted by Gasteiger charge is -1.91. The summed E-state index contributed by atoms with van der Waals surface area (Å²) in [4.78, 5) is 0. The Hall–Kier alpha value is -0.355. The minimum absolute atomic E-state index is 0.189. The third-order valence-corrected chi connectivity index (χ3v) is 1.45. The van der Waals surface area contributed by atoms with E-state index in [1.165, 1.54) is 12.1 Å². The van der Waals surface area contributed by atoms with Crippen molar-refractivity contribution in [1.82, 2.24) is 0 Å². The fourth-order valence-electron chi connectivity index (χ4n) is 0.574. The summed E-state index contributed by atoms with van der Waals surface area (Å²) in [6, 6.07) is 6.33. The second-order valence-electron chi connectivity index (χ2n) is 1.72. The van der Waals surface area contributed by atoms with E-state index in [4.69, 9.17) is 0 Å². The fraction of sp³-hybridized carbons (Fsp3) is 0. The van der Waals surface area contributed by atoms with Crippen LogP contribution in [0.15, 0.2) is 24.3 Å². The lowest BCUT2D eigenvalue weighted by molar-refractivity contribution is 0.628. The molecule has 0 amide bonds. The van der Waals surface area contributed by atoms with Crippen molar-refractivity contribution in [3.8, 4) is 0 Å². The molecule has 0 aliphatic rings. The van der Waals surface area contributed by atoms with E-state index >= 15 is 0 Å². The maximum absolute atomic E-state index is 12.2. The molecule has 0 saturated carbocycles. The predicted octanol–water partition coefficient (Wildman–Crippen LogP) is 0.945. The van der Waals surface area contributed by atoms with Crippen LogP contribution < -0.4 is 5.46 Å². The molecule has 1 unspecified atom stereocenters. The van der Waals surface area contributed by atoms with E-state index in [1.54, 1.807) is 12.1 Å². The van der Waals surface area contributed by atoms with Crippen molar-refractivity contribution in [2.75, 3.05) is 0 Å². The van der Waals surface area contributed by atoms with Gasteiger partial charge in [0.25, 0.3) is 0 Å². The highest BCUT2D eigenvalue weighted by molar-refractivity contribution is 7.58. The van der Waals surface area contributed by atoms with E-state index in [0.717, 1.165) is 5.46 Å². The van der Waals surface area contributed by atoms with Crippen molar-refractivity contribution in [2.45, 2.75) is 0 Å². The molecule has 0 nitrogen and oxygen atoms in total. The lowest BCUT2D eigenvalue weighted by atomic mass is 9.95. The first-order valence-corrected chi connectivity index (χ1v) is 3.30. The van der Waals surface area contributed by atoms with Crippen LogP contribution in [0.2, 0.25) is 0 Å². The number of halogens is 1. The smallest absolute Gasteiger partial charge is 0.178 e. The van der Waals surface area contributed by atoms with Gasteiger partial charge in [-0.3, -0.25) is 0 Å². The number of hydrogen-bond acceptors (Lipinski definition) is 0. The Morgan fingerprint density at radius 3 is 2.22 bits per heavy atom. The van der Waals surface area contributed by atoms with Crippen LogP contribution >= 0.6 is 9.12 Å². The predicted molar refractivity (Wildman–Crippen MR) is 41.5 cm³/mol. The van der Waals surface area contributed by atoms with E-state index in [2.05, 4.69) is 9.12 Å². The molecule has 1 aromatic rings. The molecule has 0 heterocycles. The van der Waals surface area contributed by atoms with Crippen LogP contribution in [0.25, 0.3) is 0 Å². The third-order valence-electron chi connectivity index (χ3n) is 1.06. The highest BCUT2D eigenvalue weighted by Gasteiger charge is 1.88. The fourth-order valence-corrected chi connectivity index (χ4v) is 0.796. The third kappa shape index (κ3) is 1.80. The van der Waals surface area contributed by atoms with Gasteiger partial charge in [-0.25, -0.2) is 4.39 Å². The Labute approximate surface area is 56.9 Å². The molecule has 0 N–H and O–H groups in total. The quantitative estimate of drug-likeness (QED) is 0.401. The largest absolute Gasteiger partial charge is 0.207 e. The number of benzene rings is 1. The lowest BCUT2D eigenvalue weighted by Crippen LogP contribution is -2.06. The minimum atomic E-state index is -0.189. The van der Waals surface area contributed by atoms with Crippen molar-refractivity contribution < 1.29 is 4.39 Å². The SMILES string of the molecule is Fc1ccc([B]P)cc1. The van der Waals surface area contributed by atoms with Crippen LogP contribution in [0.4, 0.5) is 4.39 Å². The summed E-state index contributed by atoms with van der Waals surface area (Å²) in [7, 11) is 2.46. The molecule has 0 saturated heterocycles. The standard InChI is InChI=1S/C6H6BFP/c8-6-3-1-5(7-9)2-4-6/h1-4H,9H2. The summed E-state index contributed by atoms with van der Waals surface area (Å²) in [6.07, 6.45) is 0. The summed E-state index contributed by atoms with van der Waals surface area (Å²) in [5.74, 6) is -0.189. The Morgan fingerprint density at radius 2 is 1.78 bits per heavy atom. The number of hydrogen-bond donors (Lipinski definition) is 0. The zero-order chi connectivity index (χ0) is 6.69. The van der Waals surface area contributed by atoms with Gasteiger partial charge in [0.15, 0.2) is 7.00 Å². The second kappa shape index (κ2) is 2.98. The van der Waals surface area contributed by atoms with E-state index in [0.29, 0.717) is 0 Å². The molecular formula is C6H6BFP. The zero-order valence-corrected chi connectivity index (χ0v) is 6.00. The van der Waals surface area contributed by atoms with Gasteiger partial charge in [0.2, 0.25) is 0 Å². The van der Waals surface area contributed by atoms with Crippen molar-refractivity contribution in [1.29, 1.82) is 0 Å². The van der Waals surface area contributed by atoms with Crippen molar-refractivity contribution >= 4 is 21.6 Å². The molecule has 9 heavy (non-hydrogen) atoms. The number of rotatable bonds is 1. The molecule has 1 rings (SSSR count). The molecule has 0 bridgehead atoms. The van der Waals surface area contributed by atoms with Gasteiger partial charge in [0.05, 0.1) is 0 Å². The average molecular weight is 139 g/mol. The van der Waals surface area contributed by atoms with Crippen LogP contribution in [0.5, 0.6) is 0 Å². The molecular weight excluding hydrogens is 133 g/mol. The van der Waals surface area contributed by atoms with Crippen molar-refractivity contribution in [2.24, 2.45) is 0 Å². The molecule has 45 valence electrons. The Kier molecular flexibility index (Phi) is 2.24. The summed E-state index contributed by atoms with van der Waals surface area (Å²) >= 11 is 0. The maximum atomic E-state index is 12.2. The van der Waals surface area contributed by atoms with Crippen LogP contribution in [0.3, 0.4) is 0 Å². The molecule has 0 aromatic heterocycles. The summed E-state index contributed by atoms with van der Waals surface area (Å²) < 4.78 is 12.2. The van der Waals surface area contributed by atoms with Gasteiger partial charge in [-0.15, -0.1) is 0 Å². The van der Waals surface area contributed by atoms with Crippen LogP contribution in [-0.4, -0.2) is 7.00 Å². The van der Waals surface area contributed by atoms with Crippen LogP contribution in [-0.2, 0) is 0 Å². The topological polar surface area (TPSA) is 0 Å². The molecule has 0 spiro atoms. The van der Waals surface area contributed by atoms with Crippen molar-refractivity contribution in [3.63, 3.8) is 0 Å². The molecule has 0 fully saturated rings. The monoisotopic (exact) mass is 139 g/mol. The molecule has 3 heteroatoms. The highest BCUT2D eigenvalue weighted by atomic mass is 31.0. The van der Waals surface area contributed by atoms with Crippen molar-refractivity contribution in [3.05, 3.63) is 30.1 Å². The van der Waals surface area contributed by atoms with E-state index in [-0.39, 0.29) is 5.82 Å². The molecule has 1 aromatic carbocycles. The Morgan fingerprint density at radius 1 is 1.22 bits per heavy atom. The Balaban J connectivity index is 2.88. The molecule has 1 radical (unpaired) electrons. The maximum Gasteiger partial charge on any atom is 0.178 e. The average Bonchev–Trinajstić information content (AvgIpc) is 1.90. The van der Waals surface area contributed by atoms with Crippen LogP contribution in [0, 0.1) is 5.82 Å². The first kappa shape index (κ1) is 6.76.